The third-order valence-electron chi connectivity index (χ3n) is 14.9. The van der Waals surface area contributed by atoms with Crippen molar-refractivity contribution in [3.8, 4) is 45.4 Å². The van der Waals surface area contributed by atoms with Crippen LogP contribution >= 0.6 is 23.2 Å². The van der Waals surface area contributed by atoms with Crippen LogP contribution in [0.4, 0.5) is 17.1 Å². The molecule has 1 fully saturated rings. The molecule has 5 aliphatic rings. The Morgan fingerprint density at radius 3 is 1.52 bits per heavy atom. The topological polar surface area (TPSA) is 254 Å². The number of methoxy groups -OCH3 is 1. The second kappa shape index (κ2) is 35.8. The summed E-state index contributed by atoms with van der Waals surface area (Å²) in [6, 6.07) is 21.0. The average Bonchev–Trinajstić information content (AvgIpc) is 0.730. The smallest absolute Gasteiger partial charge is 0.308 e. The third-order valence-corrected chi connectivity index (χ3v) is 15.6. The summed E-state index contributed by atoms with van der Waals surface area (Å²) in [6.07, 6.45) is -0.816. The van der Waals surface area contributed by atoms with E-state index in [0.29, 0.717) is 143 Å². The number of esters is 5. The molecule has 0 aromatic heterocycles. The van der Waals surface area contributed by atoms with Crippen molar-refractivity contribution in [3.63, 3.8) is 0 Å². The van der Waals surface area contributed by atoms with E-state index < -0.39 is 55.7 Å². The van der Waals surface area contributed by atoms with Gasteiger partial charge in [-0.25, -0.2) is 0 Å². The van der Waals surface area contributed by atoms with Crippen molar-refractivity contribution < 1.29 is 94.7 Å². The van der Waals surface area contributed by atoms with Crippen molar-refractivity contribution in [2.45, 2.75) is 60.3 Å². The van der Waals surface area contributed by atoms with Gasteiger partial charge in [-0.3, -0.25) is 28.8 Å². The van der Waals surface area contributed by atoms with Gasteiger partial charge in [-0.05, 0) is 97.5 Å². The Balaban J connectivity index is 1.29. The molecule has 0 atom stereocenters. The zero-order valence-corrected chi connectivity index (χ0v) is 54.7. The lowest BCUT2D eigenvalue weighted by Crippen LogP contribution is -2.34. The molecule has 0 saturated carbocycles. The minimum Gasteiger partial charge on any atom is -0.490 e. The van der Waals surface area contributed by atoms with E-state index in [2.05, 4.69) is 14.7 Å². The predicted molar refractivity (Wildman–Crippen MR) is 345 cm³/mol. The highest BCUT2D eigenvalue weighted by atomic mass is 35.5. The van der Waals surface area contributed by atoms with Gasteiger partial charge in [0.05, 0.1) is 89.6 Å². The Morgan fingerprint density at radius 1 is 0.516 bits per heavy atom. The van der Waals surface area contributed by atoms with Crippen LogP contribution < -0.4 is 39.1 Å². The fraction of sp³-hybridized carbons (Fsp3) is 0.463. The molecule has 4 aromatic carbocycles. The number of hydrogen-bond acceptors (Lipinski definition) is 24. The summed E-state index contributed by atoms with van der Waals surface area (Å²) in [5.74, 6) is -1.87. The van der Waals surface area contributed by atoms with E-state index in [1.54, 1.807) is 19.2 Å². The van der Waals surface area contributed by atoms with E-state index >= 15 is 0 Å². The maximum Gasteiger partial charge on any atom is 0.308 e. The van der Waals surface area contributed by atoms with Crippen molar-refractivity contribution in [2.75, 3.05) is 161 Å². The second-order valence-electron chi connectivity index (χ2n) is 21.6. The maximum absolute atomic E-state index is 14.3. The molecule has 0 spiro atoms. The molecule has 9 rings (SSSR count). The minimum atomic E-state index is -0.756. The minimum absolute atomic E-state index is 0.0214. The molecular formula is C67H79Cl2N3O21. The van der Waals surface area contributed by atoms with E-state index in [9.17, 15) is 28.8 Å². The number of hydrogen-bond donors (Lipinski definition) is 0. The van der Waals surface area contributed by atoms with Gasteiger partial charge in [0.15, 0.2) is 11.3 Å². The monoisotopic (exact) mass is 1330 g/mol. The summed E-state index contributed by atoms with van der Waals surface area (Å²) in [6.45, 7) is 12.6. The number of rotatable bonds is 19. The Morgan fingerprint density at radius 2 is 1.00 bits per heavy atom. The molecule has 4 heterocycles. The van der Waals surface area contributed by atoms with Gasteiger partial charge in [0.25, 0.3) is 0 Å². The van der Waals surface area contributed by atoms with Gasteiger partial charge in [0, 0.05) is 89.0 Å². The lowest BCUT2D eigenvalue weighted by atomic mass is 9.90. The Kier molecular flexibility index (Phi) is 27.2. The number of nitrogens with zero attached hydrogens (tertiary/aromatic N) is 3. The van der Waals surface area contributed by atoms with E-state index in [4.69, 9.17) is 93.9 Å². The normalized spacial score (nSPS) is 14.8. The van der Waals surface area contributed by atoms with Crippen molar-refractivity contribution in [3.05, 3.63) is 109 Å². The Bertz CT molecular complexity index is 3460. The van der Waals surface area contributed by atoms with E-state index in [0.717, 1.165) is 22.5 Å². The fourth-order valence-corrected chi connectivity index (χ4v) is 10.9. The van der Waals surface area contributed by atoms with Gasteiger partial charge in [-0.1, -0.05) is 41.4 Å². The van der Waals surface area contributed by atoms with Crippen molar-refractivity contribution >= 4 is 81.1 Å². The number of carbonyl (C=O) groups excluding carboxylic acids is 5. The van der Waals surface area contributed by atoms with Gasteiger partial charge in [0.1, 0.15) is 52.9 Å². The van der Waals surface area contributed by atoms with Crippen LogP contribution in [0.25, 0.3) is 33.4 Å². The van der Waals surface area contributed by atoms with Crippen molar-refractivity contribution in [1.82, 2.24) is 0 Å². The van der Waals surface area contributed by atoms with E-state index in [1.807, 2.05) is 68.4 Å². The molecule has 0 radical (unpaired) electrons. The van der Waals surface area contributed by atoms with Crippen molar-refractivity contribution in [1.29, 1.82) is 0 Å². The molecule has 4 aliphatic heterocycles. The standard InChI is InChI=1S/C67H79Cl2N3O21/c1-43-7-12-53-56(35-43)84-27-21-72(22-28-85-57-36-44(2)8-13-54(57)71-19-25-82-32-30-80-23-17-70(53)18-24-81-31-33-83-26-20-71)55-14-9-48(39-58(55)86-34-29-79-6)61-51-37-49(10-15-59(76)90-40-87-45(3)73)64(78)62(68)66(51)93-67-52(61)38-50(11-16-60(77)91-41-88-46(4)74)65(63(67)69)92-42-89-47(5)75/h7-9,12-14,35-39H,10-11,15-34,40-42H2,1-6H3. The summed E-state index contributed by atoms with van der Waals surface area (Å²) >= 11 is 14.4. The zero-order valence-electron chi connectivity index (χ0n) is 53.2. The molecule has 26 heteroatoms. The largest absolute Gasteiger partial charge is 0.490 e. The highest BCUT2D eigenvalue weighted by molar-refractivity contribution is 6.37. The van der Waals surface area contributed by atoms with Crippen LogP contribution in [0, 0.1) is 13.8 Å². The Hall–Kier alpha value is -8.10. The number of halogens is 2. The van der Waals surface area contributed by atoms with Crippen LogP contribution in [-0.2, 0) is 84.2 Å². The molecule has 0 amide bonds. The van der Waals surface area contributed by atoms with E-state index in [-0.39, 0.29) is 84.8 Å². The molecule has 2 bridgehead atoms. The van der Waals surface area contributed by atoms with Gasteiger partial charge in [-0.15, -0.1) is 0 Å². The molecule has 24 nitrogen and oxygen atoms in total. The number of ether oxygens (including phenoxy) is 14. The zero-order chi connectivity index (χ0) is 66.2. The lowest BCUT2D eigenvalue weighted by molar-refractivity contribution is -0.167. The SMILES string of the molecule is COCCOc1cc(-c2c3cc(CCC(=O)OCOC(C)=O)c(=O)c(Cl)c-3oc3c(Cl)c(OCOC(C)=O)c(CCC(=O)OCOC(C)=O)cc23)ccc1N1CCOc2cc(C)ccc2N2CCOCCOCCN(CCOCCOCC2)c2ccc(C)cc2OCC1. The highest BCUT2D eigenvalue weighted by Gasteiger charge is 2.30. The molecule has 1 saturated heterocycles. The van der Waals surface area contributed by atoms with Gasteiger partial charge in [-0.2, -0.15) is 0 Å². The van der Waals surface area contributed by atoms with Crippen molar-refractivity contribution in [2.24, 2.45) is 0 Å². The van der Waals surface area contributed by atoms with Crippen LogP contribution in [0.1, 0.15) is 55.9 Å². The van der Waals surface area contributed by atoms with Crippen LogP contribution in [0.2, 0.25) is 10.0 Å². The number of carbonyl (C=O) groups is 5. The first kappa shape index (κ1) is 70.8. The van der Waals surface area contributed by atoms with Gasteiger partial charge >= 0.3 is 29.8 Å². The fourth-order valence-electron chi connectivity index (χ4n) is 10.3. The first-order chi connectivity index (χ1) is 45.0. The summed E-state index contributed by atoms with van der Waals surface area (Å²) in [5.41, 5.74) is 5.29. The van der Waals surface area contributed by atoms with Gasteiger partial charge in [0.2, 0.25) is 25.8 Å². The summed E-state index contributed by atoms with van der Waals surface area (Å²) < 4.78 is 88.1. The molecule has 4 aromatic rings. The maximum atomic E-state index is 14.3. The molecule has 0 unspecified atom stereocenters. The van der Waals surface area contributed by atoms with Crippen LogP contribution in [0.5, 0.6) is 23.0 Å². The Labute approximate surface area is 549 Å². The summed E-state index contributed by atoms with van der Waals surface area (Å²) in [7, 11) is 1.56. The molecule has 1 aliphatic carbocycles. The van der Waals surface area contributed by atoms with Crippen LogP contribution in [-0.4, -0.2) is 176 Å². The second-order valence-corrected chi connectivity index (χ2v) is 22.4. The summed E-state index contributed by atoms with van der Waals surface area (Å²) in [4.78, 5) is 81.8. The quantitative estimate of drug-likeness (QED) is 0.0183. The number of aryl methyl sites for hydroxylation is 4. The molecule has 93 heavy (non-hydrogen) atoms. The van der Waals surface area contributed by atoms with Crippen LogP contribution in [0.15, 0.2) is 75.9 Å². The van der Waals surface area contributed by atoms with E-state index in [1.165, 1.54) is 20.8 Å². The first-order valence-electron chi connectivity index (χ1n) is 30.6. The molecular weight excluding hydrogens is 1250 g/mol. The predicted octanol–water partition coefficient (Wildman–Crippen LogP) is 9.08. The molecule has 502 valence electrons. The number of benzene rings is 5. The van der Waals surface area contributed by atoms with Crippen LogP contribution in [0.3, 0.4) is 0 Å². The highest BCUT2D eigenvalue weighted by Crippen LogP contribution is 2.49. The lowest BCUT2D eigenvalue weighted by Gasteiger charge is -2.30. The van der Waals surface area contributed by atoms with Gasteiger partial charge < -0.3 is 85.4 Å². The number of fused-ring (bicyclic) bond motifs is 22. The first-order valence-corrected chi connectivity index (χ1v) is 31.3. The average molecular weight is 1330 g/mol. The third kappa shape index (κ3) is 20.4. The summed E-state index contributed by atoms with van der Waals surface area (Å²) in [5, 5.41) is -0.164. The molecule has 0 N–H and O–H groups in total. The number of anilines is 3.